The molecule has 1 aliphatic rings. The monoisotopic (exact) mass is 597 g/mol. The molecule has 1 aliphatic carbocycles. The molecule has 6 aromatic rings. The molecular weight excluding hydrogens is 555 g/mol. The van der Waals surface area contributed by atoms with E-state index in [1.54, 1.807) is 0 Å². The fraction of sp³-hybridized carbons (Fsp3) is 0.200. The lowest BCUT2D eigenvalue weighted by atomic mass is 9.70. The van der Waals surface area contributed by atoms with Crippen LogP contribution in [0.1, 0.15) is 54.5 Å². The number of fused-ring (bicyclic) bond motifs is 1. The molecule has 0 saturated carbocycles. The fourth-order valence-corrected chi connectivity index (χ4v) is 7.24. The summed E-state index contributed by atoms with van der Waals surface area (Å²) in [6.07, 6.45) is 4.54. The van der Waals surface area contributed by atoms with E-state index in [2.05, 4.69) is 172 Å². The van der Waals surface area contributed by atoms with E-state index in [1.165, 1.54) is 85.4 Å². The molecular formula is C45H43N. The van der Waals surface area contributed by atoms with E-state index in [0.717, 1.165) is 12.8 Å². The zero-order chi connectivity index (χ0) is 31.7. The molecule has 0 bridgehead atoms. The Labute approximate surface area is 275 Å². The molecule has 0 unspecified atom stereocenters. The molecule has 7 rings (SSSR count). The van der Waals surface area contributed by atoms with Gasteiger partial charge in [0.2, 0.25) is 0 Å². The molecule has 0 aromatic heterocycles. The Bertz CT molecular complexity index is 1940. The third-order valence-corrected chi connectivity index (χ3v) is 10.5. The topological polar surface area (TPSA) is 3.24 Å². The average molecular weight is 598 g/mol. The predicted molar refractivity (Wildman–Crippen MR) is 197 cm³/mol. The summed E-state index contributed by atoms with van der Waals surface area (Å²) in [5.74, 6) is 0. The first-order chi connectivity index (χ1) is 22.5. The van der Waals surface area contributed by atoms with E-state index in [4.69, 9.17) is 0 Å². The van der Waals surface area contributed by atoms with Crippen LogP contribution < -0.4 is 4.90 Å². The van der Waals surface area contributed by atoms with Crippen molar-refractivity contribution >= 4 is 11.4 Å². The Morgan fingerprint density at radius 3 is 1.46 bits per heavy atom. The molecule has 0 atom stereocenters. The van der Waals surface area contributed by atoms with E-state index in [0.29, 0.717) is 0 Å². The maximum absolute atomic E-state index is 2.37. The summed E-state index contributed by atoms with van der Waals surface area (Å²) in [7, 11) is 2.16. The summed E-state index contributed by atoms with van der Waals surface area (Å²) in [4.78, 5) is 2.28. The van der Waals surface area contributed by atoms with Gasteiger partial charge in [-0.05, 0) is 113 Å². The SMILES string of the molecule is CCC(CC)(c1ccc(-c2ccc(C)cc2)cc1)c1ccc(-c2ccc(N(C)c3cccc(-c4ccc5c(c4)CC5)c3)cc2)cc1. The van der Waals surface area contributed by atoms with Gasteiger partial charge >= 0.3 is 0 Å². The molecule has 0 fully saturated rings. The lowest BCUT2D eigenvalue weighted by Crippen LogP contribution is -2.26. The number of rotatable bonds is 9. The van der Waals surface area contributed by atoms with Gasteiger partial charge in [-0.3, -0.25) is 0 Å². The highest BCUT2D eigenvalue weighted by Gasteiger charge is 2.30. The van der Waals surface area contributed by atoms with Gasteiger partial charge in [0.25, 0.3) is 0 Å². The fourth-order valence-electron chi connectivity index (χ4n) is 7.24. The smallest absolute Gasteiger partial charge is 0.0414 e. The molecule has 1 nitrogen and oxygen atoms in total. The van der Waals surface area contributed by atoms with Gasteiger partial charge < -0.3 is 4.90 Å². The van der Waals surface area contributed by atoms with Gasteiger partial charge in [0.15, 0.2) is 0 Å². The normalized spacial score (nSPS) is 12.3. The van der Waals surface area contributed by atoms with Crippen LogP contribution in [0, 0.1) is 6.92 Å². The van der Waals surface area contributed by atoms with Gasteiger partial charge in [0, 0.05) is 23.8 Å². The summed E-state index contributed by atoms with van der Waals surface area (Å²) >= 11 is 0. The molecule has 0 aliphatic heterocycles. The van der Waals surface area contributed by atoms with Crippen molar-refractivity contribution in [3.05, 3.63) is 167 Å². The van der Waals surface area contributed by atoms with Crippen LogP contribution in [0.25, 0.3) is 33.4 Å². The van der Waals surface area contributed by atoms with Crippen LogP contribution in [0.3, 0.4) is 0 Å². The summed E-state index contributed by atoms with van der Waals surface area (Å²) in [6, 6.07) is 52.1. The maximum Gasteiger partial charge on any atom is 0.0414 e. The molecule has 0 spiro atoms. The first-order valence-electron chi connectivity index (χ1n) is 16.8. The Balaban J connectivity index is 1.09. The lowest BCUT2D eigenvalue weighted by molar-refractivity contribution is 0.478. The van der Waals surface area contributed by atoms with Crippen molar-refractivity contribution in [2.24, 2.45) is 0 Å². The molecule has 228 valence electrons. The maximum atomic E-state index is 2.37. The number of benzene rings is 6. The third-order valence-electron chi connectivity index (χ3n) is 10.5. The van der Waals surface area contributed by atoms with Gasteiger partial charge in [-0.25, -0.2) is 0 Å². The Morgan fingerprint density at radius 1 is 0.478 bits per heavy atom. The van der Waals surface area contributed by atoms with Crippen LogP contribution in [-0.2, 0) is 18.3 Å². The molecule has 0 saturated heterocycles. The quantitative estimate of drug-likeness (QED) is 0.160. The highest BCUT2D eigenvalue weighted by Crippen LogP contribution is 2.40. The van der Waals surface area contributed by atoms with E-state index in [-0.39, 0.29) is 5.41 Å². The van der Waals surface area contributed by atoms with Gasteiger partial charge in [0.05, 0.1) is 0 Å². The second-order valence-electron chi connectivity index (χ2n) is 12.9. The number of anilines is 2. The van der Waals surface area contributed by atoms with Crippen molar-refractivity contribution in [1.29, 1.82) is 0 Å². The molecule has 0 amide bonds. The van der Waals surface area contributed by atoms with E-state index in [9.17, 15) is 0 Å². The zero-order valence-corrected chi connectivity index (χ0v) is 27.6. The van der Waals surface area contributed by atoms with Crippen molar-refractivity contribution in [2.45, 2.75) is 51.9 Å². The minimum absolute atomic E-state index is 0.00792. The first-order valence-corrected chi connectivity index (χ1v) is 16.8. The Kier molecular flexibility index (Phi) is 8.09. The minimum Gasteiger partial charge on any atom is -0.345 e. The van der Waals surface area contributed by atoms with Crippen LogP contribution in [0.5, 0.6) is 0 Å². The average Bonchev–Trinajstić information content (AvgIpc) is 3.10. The van der Waals surface area contributed by atoms with Crippen molar-refractivity contribution < 1.29 is 0 Å². The van der Waals surface area contributed by atoms with Crippen LogP contribution >= 0.6 is 0 Å². The van der Waals surface area contributed by atoms with E-state index in [1.807, 2.05) is 0 Å². The van der Waals surface area contributed by atoms with Crippen LogP contribution in [0.2, 0.25) is 0 Å². The van der Waals surface area contributed by atoms with Gasteiger partial charge in [0.1, 0.15) is 0 Å². The van der Waals surface area contributed by atoms with Crippen molar-refractivity contribution in [1.82, 2.24) is 0 Å². The summed E-state index contributed by atoms with van der Waals surface area (Å²) in [6.45, 7) is 6.78. The molecule has 0 radical (unpaired) electrons. The number of nitrogens with zero attached hydrogens (tertiary/aromatic N) is 1. The van der Waals surface area contributed by atoms with Crippen molar-refractivity contribution in [2.75, 3.05) is 11.9 Å². The van der Waals surface area contributed by atoms with Gasteiger partial charge in [-0.15, -0.1) is 0 Å². The summed E-state index contributed by atoms with van der Waals surface area (Å²) < 4.78 is 0. The molecule has 46 heavy (non-hydrogen) atoms. The van der Waals surface area contributed by atoms with E-state index >= 15 is 0 Å². The van der Waals surface area contributed by atoms with Gasteiger partial charge in [-0.2, -0.15) is 0 Å². The zero-order valence-electron chi connectivity index (χ0n) is 27.6. The number of aryl methyl sites for hydroxylation is 3. The molecule has 0 heterocycles. The molecule has 0 N–H and O–H groups in total. The third kappa shape index (κ3) is 5.56. The Hall–Kier alpha value is -4.88. The van der Waals surface area contributed by atoms with Crippen LogP contribution in [0.4, 0.5) is 11.4 Å². The Morgan fingerprint density at radius 2 is 0.957 bits per heavy atom. The first kappa shape index (κ1) is 29.8. The van der Waals surface area contributed by atoms with Gasteiger partial charge in [-0.1, -0.05) is 135 Å². The highest BCUT2D eigenvalue weighted by atomic mass is 15.1. The molecule has 1 heteroatoms. The van der Waals surface area contributed by atoms with Crippen molar-refractivity contribution in [3.8, 4) is 33.4 Å². The summed E-state index contributed by atoms with van der Waals surface area (Å²) in [5.41, 5.74) is 17.0. The second kappa shape index (κ2) is 12.5. The van der Waals surface area contributed by atoms with E-state index < -0.39 is 0 Å². The largest absolute Gasteiger partial charge is 0.345 e. The van der Waals surface area contributed by atoms with Crippen LogP contribution in [0.15, 0.2) is 140 Å². The lowest BCUT2D eigenvalue weighted by Gasteiger charge is -2.33. The second-order valence-corrected chi connectivity index (χ2v) is 12.9. The predicted octanol–water partition coefficient (Wildman–Crippen LogP) is 12.0. The van der Waals surface area contributed by atoms with Crippen LogP contribution in [-0.4, -0.2) is 7.05 Å². The minimum atomic E-state index is -0.00792. The number of hydrogen-bond acceptors (Lipinski definition) is 1. The highest BCUT2D eigenvalue weighted by molar-refractivity contribution is 5.75. The summed E-state index contributed by atoms with van der Waals surface area (Å²) in [5, 5.41) is 0. The standard InChI is InChI=1S/C45H43N/c1-5-45(6-2,41-24-18-34(19-25-41)33-12-10-32(3)11-13-33)42-26-20-35(21-27-42)36-22-28-43(29-23-36)46(4)44-9-7-8-38(31-44)40-17-15-37-14-16-39(37)30-40/h7-13,15,17-31H,5-6,14,16H2,1-4H3. The van der Waals surface area contributed by atoms with Crippen molar-refractivity contribution in [3.63, 3.8) is 0 Å². The number of hydrogen-bond donors (Lipinski definition) is 0. The molecule has 6 aromatic carbocycles.